The van der Waals surface area contributed by atoms with E-state index in [0.29, 0.717) is 5.75 Å². The van der Waals surface area contributed by atoms with Crippen LogP contribution in [0.1, 0.15) is 52.5 Å². The van der Waals surface area contributed by atoms with Crippen molar-refractivity contribution in [3.63, 3.8) is 0 Å². The fourth-order valence-corrected chi connectivity index (χ4v) is 3.33. The van der Waals surface area contributed by atoms with Gasteiger partial charge in [-0.15, -0.1) is 0 Å². The van der Waals surface area contributed by atoms with Gasteiger partial charge in [0.15, 0.2) is 0 Å². The van der Waals surface area contributed by atoms with E-state index in [9.17, 15) is 5.11 Å². The SMILES string of the molecule is CC1CCC(C(C)(C)c2ccc(O)cc2)CC1C. The first-order chi connectivity index (χ1) is 8.41. The standard InChI is InChI=1S/C17H26O/c1-12-5-6-15(11-13(12)2)17(3,4)14-7-9-16(18)10-8-14/h7-10,12-13,15,18H,5-6,11H2,1-4H3. The maximum atomic E-state index is 9.41. The highest BCUT2D eigenvalue weighted by Crippen LogP contribution is 2.44. The molecular weight excluding hydrogens is 220 g/mol. The normalized spacial score (nSPS) is 29.2. The Morgan fingerprint density at radius 1 is 1.00 bits per heavy atom. The van der Waals surface area contributed by atoms with Crippen LogP contribution in [0.15, 0.2) is 24.3 Å². The Balaban J connectivity index is 2.17. The number of phenolic OH excluding ortho intramolecular Hbond substituents is 1. The molecule has 1 aromatic rings. The van der Waals surface area contributed by atoms with Crippen molar-refractivity contribution in [2.75, 3.05) is 0 Å². The fourth-order valence-electron chi connectivity index (χ4n) is 3.33. The van der Waals surface area contributed by atoms with Gasteiger partial charge in [-0.05, 0) is 53.7 Å². The zero-order valence-electron chi connectivity index (χ0n) is 12.1. The first kappa shape index (κ1) is 13.5. The Labute approximate surface area is 111 Å². The predicted molar refractivity (Wildman–Crippen MR) is 76.8 cm³/mol. The van der Waals surface area contributed by atoms with Crippen LogP contribution in [0.25, 0.3) is 0 Å². The minimum absolute atomic E-state index is 0.210. The quantitative estimate of drug-likeness (QED) is 0.799. The van der Waals surface area contributed by atoms with Crippen molar-refractivity contribution in [1.82, 2.24) is 0 Å². The maximum Gasteiger partial charge on any atom is 0.115 e. The molecule has 3 atom stereocenters. The molecule has 0 amide bonds. The Morgan fingerprint density at radius 3 is 2.17 bits per heavy atom. The van der Waals surface area contributed by atoms with E-state index in [4.69, 9.17) is 0 Å². The van der Waals surface area contributed by atoms with Crippen LogP contribution >= 0.6 is 0 Å². The molecule has 0 heterocycles. The molecule has 1 aromatic carbocycles. The molecule has 0 aliphatic heterocycles. The predicted octanol–water partition coefficient (Wildman–Crippen LogP) is 4.74. The lowest BCUT2D eigenvalue weighted by atomic mass is 9.63. The van der Waals surface area contributed by atoms with Gasteiger partial charge >= 0.3 is 0 Å². The zero-order chi connectivity index (χ0) is 13.3. The average Bonchev–Trinajstić information content (AvgIpc) is 2.33. The highest BCUT2D eigenvalue weighted by atomic mass is 16.3. The topological polar surface area (TPSA) is 20.2 Å². The molecule has 1 aliphatic carbocycles. The first-order valence-electron chi connectivity index (χ1n) is 7.20. The number of aromatic hydroxyl groups is 1. The van der Waals surface area contributed by atoms with E-state index in [2.05, 4.69) is 39.8 Å². The van der Waals surface area contributed by atoms with E-state index in [-0.39, 0.29) is 5.41 Å². The van der Waals surface area contributed by atoms with Gasteiger partial charge in [0, 0.05) is 0 Å². The van der Waals surface area contributed by atoms with Crippen molar-refractivity contribution in [3.05, 3.63) is 29.8 Å². The molecule has 0 spiro atoms. The highest BCUT2D eigenvalue weighted by Gasteiger charge is 2.36. The second kappa shape index (κ2) is 4.95. The third-order valence-corrected chi connectivity index (χ3v) is 5.23. The first-order valence-corrected chi connectivity index (χ1v) is 7.20. The van der Waals surface area contributed by atoms with Crippen LogP contribution in [0.5, 0.6) is 5.75 Å². The number of hydrogen-bond donors (Lipinski definition) is 1. The molecule has 1 N–H and O–H groups in total. The van der Waals surface area contributed by atoms with Gasteiger partial charge in [0.1, 0.15) is 5.75 Å². The van der Waals surface area contributed by atoms with Crippen LogP contribution in [0.3, 0.4) is 0 Å². The zero-order valence-corrected chi connectivity index (χ0v) is 12.1. The van der Waals surface area contributed by atoms with Crippen LogP contribution in [0.4, 0.5) is 0 Å². The summed E-state index contributed by atoms with van der Waals surface area (Å²) in [5, 5.41) is 9.41. The molecule has 1 fully saturated rings. The minimum Gasteiger partial charge on any atom is -0.508 e. The summed E-state index contributed by atoms with van der Waals surface area (Å²) < 4.78 is 0. The molecule has 0 aromatic heterocycles. The molecule has 2 rings (SSSR count). The maximum absolute atomic E-state index is 9.41. The van der Waals surface area contributed by atoms with Crippen molar-refractivity contribution in [2.24, 2.45) is 17.8 Å². The van der Waals surface area contributed by atoms with E-state index in [1.54, 1.807) is 0 Å². The molecular formula is C17H26O. The van der Waals surface area contributed by atoms with Gasteiger partial charge in [-0.25, -0.2) is 0 Å². The second-order valence-corrected chi connectivity index (χ2v) is 6.73. The lowest BCUT2D eigenvalue weighted by Crippen LogP contribution is -2.34. The van der Waals surface area contributed by atoms with Crippen molar-refractivity contribution >= 4 is 0 Å². The molecule has 1 aliphatic rings. The van der Waals surface area contributed by atoms with Crippen molar-refractivity contribution < 1.29 is 5.11 Å². The van der Waals surface area contributed by atoms with Gasteiger partial charge in [-0.1, -0.05) is 46.2 Å². The van der Waals surface area contributed by atoms with E-state index in [1.807, 2.05) is 12.1 Å². The van der Waals surface area contributed by atoms with Crippen LogP contribution in [-0.4, -0.2) is 5.11 Å². The summed E-state index contributed by atoms with van der Waals surface area (Å²) in [7, 11) is 0. The fraction of sp³-hybridized carbons (Fsp3) is 0.647. The van der Waals surface area contributed by atoms with Gasteiger partial charge in [0.2, 0.25) is 0 Å². The van der Waals surface area contributed by atoms with E-state index >= 15 is 0 Å². The number of phenols is 1. The summed E-state index contributed by atoms with van der Waals surface area (Å²) >= 11 is 0. The molecule has 0 radical (unpaired) electrons. The van der Waals surface area contributed by atoms with E-state index < -0.39 is 0 Å². The van der Waals surface area contributed by atoms with Gasteiger partial charge < -0.3 is 5.11 Å². The highest BCUT2D eigenvalue weighted by molar-refractivity contribution is 5.31. The van der Waals surface area contributed by atoms with Crippen LogP contribution < -0.4 is 0 Å². The summed E-state index contributed by atoms with van der Waals surface area (Å²) in [6.07, 6.45) is 4.02. The molecule has 1 nitrogen and oxygen atoms in total. The molecule has 0 saturated heterocycles. The molecule has 100 valence electrons. The Morgan fingerprint density at radius 2 is 1.61 bits per heavy atom. The number of hydrogen-bond acceptors (Lipinski definition) is 1. The molecule has 18 heavy (non-hydrogen) atoms. The summed E-state index contributed by atoms with van der Waals surface area (Å²) in [5.41, 5.74) is 1.56. The van der Waals surface area contributed by atoms with Crippen molar-refractivity contribution in [2.45, 2.75) is 52.4 Å². The summed E-state index contributed by atoms with van der Waals surface area (Å²) in [6, 6.07) is 7.79. The second-order valence-electron chi connectivity index (χ2n) is 6.73. The largest absolute Gasteiger partial charge is 0.508 e. The van der Waals surface area contributed by atoms with Crippen LogP contribution in [0, 0.1) is 17.8 Å². The van der Waals surface area contributed by atoms with Crippen LogP contribution in [-0.2, 0) is 5.41 Å². The summed E-state index contributed by atoms with van der Waals surface area (Å²) in [6.45, 7) is 9.48. The van der Waals surface area contributed by atoms with Crippen LogP contribution in [0.2, 0.25) is 0 Å². The number of benzene rings is 1. The smallest absolute Gasteiger partial charge is 0.115 e. The third kappa shape index (κ3) is 2.55. The lowest BCUT2D eigenvalue weighted by Gasteiger charge is -2.42. The van der Waals surface area contributed by atoms with Gasteiger partial charge in [0.05, 0.1) is 0 Å². The summed E-state index contributed by atoms with van der Waals surface area (Å²) in [4.78, 5) is 0. The van der Waals surface area contributed by atoms with Gasteiger partial charge in [0.25, 0.3) is 0 Å². The average molecular weight is 246 g/mol. The molecule has 1 heteroatoms. The molecule has 3 unspecified atom stereocenters. The lowest BCUT2D eigenvalue weighted by molar-refractivity contribution is 0.148. The number of rotatable bonds is 2. The Kier molecular flexibility index (Phi) is 3.70. The van der Waals surface area contributed by atoms with Crippen molar-refractivity contribution in [3.8, 4) is 5.75 Å². The van der Waals surface area contributed by atoms with E-state index in [1.165, 1.54) is 24.8 Å². The van der Waals surface area contributed by atoms with E-state index in [0.717, 1.165) is 17.8 Å². The monoisotopic (exact) mass is 246 g/mol. The Bertz CT molecular complexity index is 391. The van der Waals surface area contributed by atoms with Crippen molar-refractivity contribution in [1.29, 1.82) is 0 Å². The van der Waals surface area contributed by atoms with Gasteiger partial charge in [-0.2, -0.15) is 0 Å². The molecule has 1 saturated carbocycles. The summed E-state index contributed by atoms with van der Waals surface area (Å²) in [5.74, 6) is 2.82. The Hall–Kier alpha value is -0.980. The molecule has 0 bridgehead atoms. The third-order valence-electron chi connectivity index (χ3n) is 5.23. The van der Waals surface area contributed by atoms with Gasteiger partial charge in [-0.3, -0.25) is 0 Å². The minimum atomic E-state index is 0.210.